The number of fused-ring (bicyclic) bond motifs is 2. The van der Waals surface area contributed by atoms with E-state index in [-0.39, 0.29) is 29.5 Å². The number of halogens is 1. The highest BCUT2D eigenvalue weighted by Gasteiger charge is 2.36. The molecule has 1 saturated heterocycles. The van der Waals surface area contributed by atoms with E-state index in [9.17, 15) is 9.18 Å². The van der Waals surface area contributed by atoms with E-state index in [1.54, 1.807) is 6.07 Å². The number of nitrogens with one attached hydrogen (secondary N) is 1. The maximum absolute atomic E-state index is 13.9. The average molecular weight is 462 g/mol. The Hall–Kier alpha value is -3.33. The monoisotopic (exact) mass is 461 g/mol. The van der Waals surface area contributed by atoms with Crippen molar-refractivity contribution in [3.05, 3.63) is 53.2 Å². The number of hydrogen-bond donors (Lipinski definition) is 2. The molecule has 1 aliphatic heterocycles. The Bertz CT molecular complexity index is 1390. The number of Topliss-reactive ketones (excluding diaryl/α,β-unsaturated/α-hetero) is 1. The number of carbonyl (C=O) groups excluding carboxylic acids is 1. The third-order valence-electron chi connectivity index (χ3n) is 7.39. The zero-order chi connectivity index (χ0) is 23.4. The molecule has 1 saturated carbocycles. The summed E-state index contributed by atoms with van der Waals surface area (Å²) in [6, 6.07) is 6.56. The summed E-state index contributed by atoms with van der Waals surface area (Å²) in [7, 11) is 0. The molecule has 0 bridgehead atoms. The fraction of sp³-hybridized carbons (Fsp3) is 0.440. The molecule has 2 aliphatic rings. The Morgan fingerprint density at radius 1 is 1.21 bits per heavy atom. The third kappa shape index (κ3) is 3.55. The summed E-state index contributed by atoms with van der Waals surface area (Å²) >= 11 is 0. The largest absolute Gasteiger partial charge is 0.355 e. The smallest absolute Gasteiger partial charge is 0.187 e. The van der Waals surface area contributed by atoms with Crippen molar-refractivity contribution in [1.29, 1.82) is 0 Å². The van der Waals surface area contributed by atoms with Crippen LogP contribution in [0.2, 0.25) is 0 Å². The fourth-order valence-electron chi connectivity index (χ4n) is 5.65. The fourth-order valence-corrected chi connectivity index (χ4v) is 5.65. The topological polar surface area (TPSA) is 105 Å². The van der Waals surface area contributed by atoms with Crippen LogP contribution >= 0.6 is 0 Å². The van der Waals surface area contributed by atoms with Crippen LogP contribution in [-0.2, 0) is 0 Å². The van der Waals surface area contributed by atoms with Crippen LogP contribution in [0.25, 0.3) is 16.6 Å². The molecule has 0 radical (unpaired) electrons. The number of H-pyrrole nitrogens is 1. The summed E-state index contributed by atoms with van der Waals surface area (Å²) in [6.07, 6.45) is 6.65. The minimum absolute atomic E-state index is 0.0211. The predicted octanol–water partition coefficient (Wildman–Crippen LogP) is 3.75. The van der Waals surface area contributed by atoms with Gasteiger partial charge in [-0.1, -0.05) is 12.8 Å². The van der Waals surface area contributed by atoms with Gasteiger partial charge in [-0.05, 0) is 44.4 Å². The molecule has 1 unspecified atom stereocenters. The Labute approximate surface area is 196 Å². The first-order valence-corrected chi connectivity index (χ1v) is 12.0. The lowest BCUT2D eigenvalue weighted by atomic mass is 9.74. The van der Waals surface area contributed by atoms with E-state index < -0.39 is 0 Å². The van der Waals surface area contributed by atoms with Crippen LogP contribution in [0.1, 0.15) is 59.8 Å². The summed E-state index contributed by atoms with van der Waals surface area (Å²) in [5.74, 6) is 0.264. The molecule has 34 heavy (non-hydrogen) atoms. The van der Waals surface area contributed by atoms with Crippen molar-refractivity contribution in [2.24, 2.45) is 11.7 Å². The van der Waals surface area contributed by atoms with Gasteiger partial charge in [0.2, 0.25) is 0 Å². The summed E-state index contributed by atoms with van der Waals surface area (Å²) < 4.78 is 15.7. The van der Waals surface area contributed by atoms with E-state index >= 15 is 0 Å². The Morgan fingerprint density at radius 3 is 2.88 bits per heavy atom. The molecule has 4 aromatic rings. The van der Waals surface area contributed by atoms with Gasteiger partial charge >= 0.3 is 0 Å². The van der Waals surface area contributed by atoms with E-state index in [0.29, 0.717) is 16.6 Å². The van der Waals surface area contributed by atoms with Crippen molar-refractivity contribution in [2.75, 3.05) is 18.0 Å². The summed E-state index contributed by atoms with van der Waals surface area (Å²) in [6.45, 7) is 3.76. The van der Waals surface area contributed by atoms with Gasteiger partial charge in [-0.15, -0.1) is 0 Å². The van der Waals surface area contributed by atoms with Crippen molar-refractivity contribution in [3.8, 4) is 0 Å². The molecule has 176 valence electrons. The average Bonchev–Trinajstić information content (AvgIpc) is 3.55. The highest BCUT2D eigenvalue weighted by Crippen LogP contribution is 2.40. The van der Waals surface area contributed by atoms with E-state index in [1.807, 2.05) is 23.7 Å². The normalized spacial score (nSPS) is 23.3. The van der Waals surface area contributed by atoms with Gasteiger partial charge in [-0.2, -0.15) is 10.2 Å². The van der Waals surface area contributed by atoms with Crippen LogP contribution in [0.15, 0.2) is 30.5 Å². The van der Waals surface area contributed by atoms with E-state index in [1.165, 1.54) is 12.1 Å². The van der Waals surface area contributed by atoms with Crippen molar-refractivity contribution >= 4 is 28.2 Å². The number of rotatable bonds is 4. The van der Waals surface area contributed by atoms with Crippen molar-refractivity contribution in [1.82, 2.24) is 24.8 Å². The zero-order valence-electron chi connectivity index (χ0n) is 19.2. The van der Waals surface area contributed by atoms with Crippen LogP contribution < -0.4 is 10.6 Å². The first-order valence-electron chi connectivity index (χ1n) is 12.0. The van der Waals surface area contributed by atoms with Crippen LogP contribution in [0.3, 0.4) is 0 Å². The lowest BCUT2D eigenvalue weighted by Gasteiger charge is -2.28. The molecule has 3 aromatic heterocycles. The maximum atomic E-state index is 13.9. The minimum Gasteiger partial charge on any atom is -0.355 e. The van der Waals surface area contributed by atoms with Gasteiger partial charge in [0.1, 0.15) is 17.3 Å². The number of aromatic amines is 1. The van der Waals surface area contributed by atoms with E-state index in [2.05, 4.69) is 15.1 Å². The molecule has 4 heterocycles. The van der Waals surface area contributed by atoms with Crippen LogP contribution in [0.4, 0.5) is 10.2 Å². The molecule has 2 fully saturated rings. The Morgan fingerprint density at radius 2 is 2.06 bits per heavy atom. The standard InChI is InChI=1S/C25H28FN7O/c1-14-12-33-22(28-25(14)32-9-8-16(27)13-32)11-21(31-33)17-4-2-3-5-18(17)24(34)23-19-10-15(26)6-7-20(19)29-30-23/h6-7,10-12,16-18H,2-5,8-9,13,27H2,1H3,(H,29,30)/t16-,17+,18?/m0/s1. The number of nitrogens with zero attached hydrogens (tertiary/aromatic N) is 5. The van der Waals surface area contributed by atoms with Crippen molar-refractivity contribution in [2.45, 2.75) is 51.0 Å². The lowest BCUT2D eigenvalue weighted by Crippen LogP contribution is -2.27. The number of aromatic nitrogens is 5. The molecule has 0 amide bonds. The quantitative estimate of drug-likeness (QED) is 0.449. The number of carbonyl (C=O) groups is 1. The second-order valence-corrected chi connectivity index (χ2v) is 9.74. The number of hydrogen-bond acceptors (Lipinski definition) is 6. The van der Waals surface area contributed by atoms with Gasteiger partial charge in [0.25, 0.3) is 0 Å². The zero-order valence-corrected chi connectivity index (χ0v) is 19.2. The van der Waals surface area contributed by atoms with Crippen molar-refractivity contribution < 1.29 is 9.18 Å². The third-order valence-corrected chi connectivity index (χ3v) is 7.39. The highest BCUT2D eigenvalue weighted by atomic mass is 19.1. The molecule has 1 aromatic carbocycles. The number of anilines is 1. The van der Waals surface area contributed by atoms with Crippen LogP contribution in [0.5, 0.6) is 0 Å². The molecule has 8 nitrogen and oxygen atoms in total. The molecule has 6 rings (SSSR count). The van der Waals surface area contributed by atoms with E-state index in [0.717, 1.165) is 67.9 Å². The summed E-state index contributed by atoms with van der Waals surface area (Å²) in [5, 5.41) is 12.5. The molecule has 9 heteroatoms. The van der Waals surface area contributed by atoms with Crippen molar-refractivity contribution in [3.63, 3.8) is 0 Å². The summed E-state index contributed by atoms with van der Waals surface area (Å²) in [4.78, 5) is 20.8. The van der Waals surface area contributed by atoms with Gasteiger partial charge < -0.3 is 10.6 Å². The van der Waals surface area contributed by atoms with Crippen LogP contribution in [0, 0.1) is 18.7 Å². The van der Waals surface area contributed by atoms with Gasteiger partial charge in [0, 0.05) is 54.2 Å². The molecular weight excluding hydrogens is 433 g/mol. The first-order chi connectivity index (χ1) is 16.5. The van der Waals surface area contributed by atoms with Gasteiger partial charge in [-0.3, -0.25) is 9.89 Å². The number of benzene rings is 1. The number of nitrogens with two attached hydrogens (primary N) is 1. The minimum atomic E-state index is -0.375. The number of ketones is 1. The second kappa shape index (κ2) is 8.16. The molecule has 3 atom stereocenters. The predicted molar refractivity (Wildman–Crippen MR) is 128 cm³/mol. The molecule has 1 aliphatic carbocycles. The van der Waals surface area contributed by atoms with E-state index in [4.69, 9.17) is 15.8 Å². The SMILES string of the molecule is Cc1cn2nc([C@@H]3CCCCC3C(=O)c3n[nH]c4ccc(F)cc34)cc2nc1N1CC[C@H](N)C1. The summed E-state index contributed by atoms with van der Waals surface area (Å²) in [5.41, 5.74) is 9.80. The highest BCUT2D eigenvalue weighted by molar-refractivity contribution is 6.07. The van der Waals surface area contributed by atoms with Gasteiger partial charge in [0.15, 0.2) is 11.4 Å². The molecular formula is C25H28FN7O. The van der Waals surface area contributed by atoms with Gasteiger partial charge in [-0.25, -0.2) is 13.9 Å². The Kier molecular flexibility index (Phi) is 5.09. The molecule has 0 spiro atoms. The number of aryl methyl sites for hydroxylation is 1. The molecule has 3 N–H and O–H groups in total. The van der Waals surface area contributed by atoms with Crippen LogP contribution in [-0.4, -0.2) is 49.7 Å². The first kappa shape index (κ1) is 21.2. The van der Waals surface area contributed by atoms with Gasteiger partial charge in [0.05, 0.1) is 11.2 Å². The maximum Gasteiger partial charge on any atom is 0.187 e. The lowest BCUT2D eigenvalue weighted by molar-refractivity contribution is 0.0862. The Balaban J connectivity index is 1.35. The second-order valence-electron chi connectivity index (χ2n) is 9.74.